The molecule has 1 aromatic carbocycles. The van der Waals surface area contributed by atoms with E-state index in [1.165, 1.54) is 31.2 Å². The molecule has 0 unspecified atom stereocenters. The molecule has 3 aromatic rings. The topological polar surface area (TPSA) is 111 Å². The Hall–Kier alpha value is -3.75. The van der Waals surface area contributed by atoms with Crippen molar-refractivity contribution in [3.63, 3.8) is 0 Å². The highest BCUT2D eigenvalue weighted by molar-refractivity contribution is 7.90. The van der Waals surface area contributed by atoms with Gasteiger partial charge in [0.15, 0.2) is 21.3 Å². The van der Waals surface area contributed by atoms with Crippen LogP contribution in [0.4, 0.5) is 32.0 Å². The van der Waals surface area contributed by atoms with Gasteiger partial charge in [-0.1, -0.05) is 12.5 Å². The molecule has 1 saturated carbocycles. The van der Waals surface area contributed by atoms with Crippen molar-refractivity contribution in [2.75, 3.05) is 11.6 Å². The van der Waals surface area contributed by atoms with Gasteiger partial charge in [0.2, 0.25) is 0 Å². The highest BCUT2D eigenvalue weighted by Crippen LogP contribution is 2.54. The number of nitrogens with zero attached hydrogens (tertiary/aromatic N) is 3. The number of rotatable bonds is 6. The number of anilines is 1. The number of ether oxygens (including phenoxy) is 1. The van der Waals surface area contributed by atoms with E-state index in [4.69, 9.17) is 4.74 Å². The number of benzene rings is 1. The van der Waals surface area contributed by atoms with Crippen LogP contribution in [0, 0.1) is 13.8 Å². The Bertz CT molecular complexity index is 1590. The van der Waals surface area contributed by atoms with Gasteiger partial charge < -0.3 is 10.1 Å². The number of nitrogens with one attached hydrogen (secondary N) is 1. The smallest absolute Gasteiger partial charge is 0.435 e. The molecular formula is C25H22F6N4O4S. The van der Waals surface area contributed by atoms with Crippen molar-refractivity contribution in [2.45, 2.75) is 55.8 Å². The summed E-state index contributed by atoms with van der Waals surface area (Å²) in [5.74, 6) is -1.93. The first kappa shape index (κ1) is 29.2. The fourth-order valence-corrected chi connectivity index (χ4v) is 5.01. The van der Waals surface area contributed by atoms with Crippen LogP contribution < -0.4 is 10.1 Å². The van der Waals surface area contributed by atoms with Gasteiger partial charge in [-0.15, -0.1) is 10.2 Å². The Morgan fingerprint density at radius 1 is 1.02 bits per heavy atom. The van der Waals surface area contributed by atoms with Gasteiger partial charge in [0.05, 0.1) is 16.3 Å². The number of alkyl halides is 6. The quantitative estimate of drug-likeness (QED) is 0.355. The van der Waals surface area contributed by atoms with Gasteiger partial charge in [-0.25, -0.2) is 8.42 Å². The minimum atomic E-state index is -4.98. The van der Waals surface area contributed by atoms with Crippen molar-refractivity contribution in [3.05, 3.63) is 64.6 Å². The zero-order chi connectivity index (χ0) is 29.7. The zero-order valence-corrected chi connectivity index (χ0v) is 22.1. The van der Waals surface area contributed by atoms with E-state index in [9.17, 15) is 39.6 Å². The molecule has 40 heavy (non-hydrogen) atoms. The third-order valence-corrected chi connectivity index (χ3v) is 7.79. The van der Waals surface area contributed by atoms with Crippen molar-refractivity contribution in [3.8, 4) is 11.6 Å². The first-order valence-electron chi connectivity index (χ1n) is 11.7. The Labute approximate surface area is 224 Å². The largest absolute Gasteiger partial charge is 0.435 e. The number of carbonyl (C=O) groups is 1. The molecule has 1 fully saturated rings. The van der Waals surface area contributed by atoms with E-state index in [1.807, 2.05) is 0 Å². The van der Waals surface area contributed by atoms with E-state index in [2.05, 4.69) is 20.5 Å². The SMILES string of the molecule is Cc1nc(C2(C(F)(F)F)CCC2)ccc1Oc1nnc(C(F)(F)F)c(C)c1C(=O)Nc1cccc(S(C)(=O)=O)c1. The molecule has 0 atom stereocenters. The molecule has 0 aliphatic heterocycles. The number of amides is 1. The predicted octanol–water partition coefficient (Wildman–Crippen LogP) is 5.94. The van der Waals surface area contributed by atoms with Crippen LogP contribution in [0.25, 0.3) is 0 Å². The van der Waals surface area contributed by atoms with Crippen molar-refractivity contribution < 1.29 is 44.3 Å². The summed E-state index contributed by atoms with van der Waals surface area (Å²) in [7, 11) is -3.66. The van der Waals surface area contributed by atoms with E-state index in [-0.39, 0.29) is 40.6 Å². The fourth-order valence-electron chi connectivity index (χ4n) is 4.35. The number of halogens is 6. The molecular weight excluding hydrogens is 566 g/mol. The molecule has 0 radical (unpaired) electrons. The lowest BCUT2D eigenvalue weighted by Gasteiger charge is -2.42. The van der Waals surface area contributed by atoms with Gasteiger partial charge in [-0.3, -0.25) is 9.78 Å². The summed E-state index contributed by atoms with van der Waals surface area (Å²) < 4.78 is 111. The average molecular weight is 589 g/mol. The standard InChI is InChI=1S/C25H22F6N4O4S/c1-13-19(21(36)33-15-6-4-7-16(12-15)40(3,37)38)22(35-34-20(13)24(26,27)28)39-17-8-9-18(32-14(17)2)23(10-5-11-23)25(29,30)31/h4,6-9,12H,5,10-11H2,1-3H3,(H,33,36). The van der Waals surface area contributed by atoms with Gasteiger partial charge >= 0.3 is 12.4 Å². The number of hydrogen-bond donors (Lipinski definition) is 1. The number of hydrogen-bond acceptors (Lipinski definition) is 7. The summed E-state index contributed by atoms with van der Waals surface area (Å²) in [6, 6.07) is 7.34. The molecule has 1 aliphatic carbocycles. The summed E-state index contributed by atoms with van der Waals surface area (Å²) in [6.07, 6.45) is -8.44. The third-order valence-electron chi connectivity index (χ3n) is 6.68. The van der Waals surface area contributed by atoms with Crippen LogP contribution in [0.3, 0.4) is 0 Å². The van der Waals surface area contributed by atoms with Gasteiger partial charge in [-0.05, 0) is 62.6 Å². The van der Waals surface area contributed by atoms with E-state index in [0.717, 1.165) is 25.3 Å². The maximum absolute atomic E-state index is 13.8. The summed E-state index contributed by atoms with van der Waals surface area (Å²) >= 11 is 0. The van der Waals surface area contributed by atoms with Crippen LogP contribution in [-0.2, 0) is 21.4 Å². The summed E-state index contributed by atoms with van der Waals surface area (Å²) in [5.41, 5.74) is -5.12. The molecule has 0 bridgehead atoms. The van der Waals surface area contributed by atoms with E-state index < -0.39 is 56.2 Å². The second kappa shape index (κ2) is 10.0. The number of carbonyl (C=O) groups excluding carboxylic acids is 1. The first-order valence-corrected chi connectivity index (χ1v) is 13.6. The first-order chi connectivity index (χ1) is 18.4. The lowest BCUT2D eigenvalue weighted by atomic mass is 9.65. The minimum Gasteiger partial charge on any atom is -0.435 e. The average Bonchev–Trinajstić information content (AvgIpc) is 2.78. The van der Waals surface area contributed by atoms with Crippen molar-refractivity contribution >= 4 is 21.4 Å². The van der Waals surface area contributed by atoms with Gasteiger partial charge in [0, 0.05) is 11.9 Å². The highest BCUT2D eigenvalue weighted by Gasteiger charge is 2.60. The van der Waals surface area contributed by atoms with Crippen molar-refractivity contribution in [2.24, 2.45) is 0 Å². The van der Waals surface area contributed by atoms with Crippen LogP contribution in [-0.4, -0.2) is 41.9 Å². The molecule has 1 N–H and O–H groups in total. The summed E-state index contributed by atoms with van der Waals surface area (Å²) in [5, 5.41) is 8.93. The second-order valence-corrected chi connectivity index (χ2v) is 11.4. The summed E-state index contributed by atoms with van der Waals surface area (Å²) in [4.78, 5) is 17.1. The molecule has 0 spiro atoms. The number of sulfone groups is 1. The second-order valence-electron chi connectivity index (χ2n) is 9.42. The van der Waals surface area contributed by atoms with E-state index >= 15 is 0 Å². The van der Waals surface area contributed by atoms with Crippen LogP contribution in [0.15, 0.2) is 41.3 Å². The molecule has 15 heteroatoms. The lowest BCUT2D eigenvalue weighted by Crippen LogP contribution is -2.48. The fraction of sp³-hybridized carbons (Fsp3) is 0.360. The highest BCUT2D eigenvalue weighted by atomic mass is 32.2. The molecule has 1 amide bonds. The molecule has 1 aliphatic rings. The maximum atomic E-state index is 13.8. The van der Waals surface area contributed by atoms with Crippen LogP contribution in [0.5, 0.6) is 11.6 Å². The molecule has 8 nitrogen and oxygen atoms in total. The monoisotopic (exact) mass is 588 g/mol. The van der Waals surface area contributed by atoms with Crippen molar-refractivity contribution in [1.29, 1.82) is 0 Å². The van der Waals surface area contributed by atoms with Gasteiger partial charge in [-0.2, -0.15) is 26.3 Å². The molecule has 2 heterocycles. The predicted molar refractivity (Wildman–Crippen MR) is 130 cm³/mol. The molecule has 0 saturated heterocycles. The van der Waals surface area contributed by atoms with Crippen molar-refractivity contribution in [1.82, 2.24) is 15.2 Å². The maximum Gasteiger partial charge on any atom is 0.435 e. The normalized spacial score (nSPS) is 15.3. The summed E-state index contributed by atoms with van der Waals surface area (Å²) in [6.45, 7) is 2.33. The van der Waals surface area contributed by atoms with Gasteiger partial charge in [0.1, 0.15) is 11.0 Å². The Kier molecular flexibility index (Phi) is 7.32. The number of pyridine rings is 1. The Morgan fingerprint density at radius 2 is 1.70 bits per heavy atom. The van der Waals surface area contributed by atoms with E-state index in [1.54, 1.807) is 0 Å². The lowest BCUT2D eigenvalue weighted by molar-refractivity contribution is -0.214. The third kappa shape index (κ3) is 5.46. The zero-order valence-electron chi connectivity index (χ0n) is 21.2. The Morgan fingerprint density at radius 3 is 2.23 bits per heavy atom. The number of aryl methyl sites for hydroxylation is 1. The molecule has 2 aromatic heterocycles. The van der Waals surface area contributed by atoms with Crippen LogP contribution in [0.1, 0.15) is 52.3 Å². The van der Waals surface area contributed by atoms with Crippen LogP contribution in [0.2, 0.25) is 0 Å². The van der Waals surface area contributed by atoms with Gasteiger partial charge in [0.25, 0.3) is 11.8 Å². The van der Waals surface area contributed by atoms with Crippen LogP contribution >= 0.6 is 0 Å². The van der Waals surface area contributed by atoms with E-state index in [0.29, 0.717) is 6.42 Å². The number of aromatic nitrogens is 3. The molecule has 214 valence electrons. The molecule has 4 rings (SSSR count). The Balaban J connectivity index is 1.73. The minimum absolute atomic E-state index is 0.0143.